The minimum atomic E-state index is -4.18. The van der Waals surface area contributed by atoms with Crippen molar-refractivity contribution in [1.29, 1.82) is 0 Å². The average Bonchev–Trinajstić information content (AvgIpc) is 2.89. The third kappa shape index (κ3) is 4.97. The first-order valence-corrected chi connectivity index (χ1v) is 16.4. The summed E-state index contributed by atoms with van der Waals surface area (Å²) in [5.41, 5.74) is 1.43. The Kier molecular flexibility index (Phi) is 7.28. The average molecular weight is 554 g/mol. The Balaban J connectivity index is 1.77. The topological polar surface area (TPSA) is 55.4 Å². The molecule has 0 aliphatic heterocycles. The van der Waals surface area contributed by atoms with Gasteiger partial charge in [0.2, 0.25) is 0 Å². The molecule has 0 aromatic heterocycles. The molecule has 34 heavy (non-hydrogen) atoms. The molecule has 0 fully saturated rings. The SMILES string of the molecule is C=C(C)C(=O)Nc1ccc(C(=O)[O][Sn]([c]2ccccc2)([c]2ccccc2)[c]2ccccc2)cc1. The Hall–Kier alpha value is -3.64. The monoisotopic (exact) mass is 555 g/mol. The number of amides is 1. The fraction of sp³-hybridized carbons (Fsp3) is 0.0345. The molecule has 4 aromatic rings. The fourth-order valence-electron chi connectivity index (χ4n) is 3.82. The Morgan fingerprint density at radius 1 is 0.676 bits per heavy atom. The van der Waals surface area contributed by atoms with E-state index >= 15 is 0 Å². The van der Waals surface area contributed by atoms with Gasteiger partial charge in [0.25, 0.3) is 0 Å². The van der Waals surface area contributed by atoms with E-state index in [1.54, 1.807) is 31.2 Å². The van der Waals surface area contributed by atoms with E-state index in [4.69, 9.17) is 3.07 Å². The van der Waals surface area contributed by atoms with Gasteiger partial charge in [0.1, 0.15) is 0 Å². The van der Waals surface area contributed by atoms with Crippen molar-refractivity contribution in [1.82, 2.24) is 0 Å². The Bertz CT molecular complexity index is 1190. The summed E-state index contributed by atoms with van der Waals surface area (Å²) in [6.45, 7) is 5.29. The summed E-state index contributed by atoms with van der Waals surface area (Å²) < 4.78 is 9.76. The number of carbonyl (C=O) groups excluding carboxylic acids is 2. The molecule has 4 aromatic carbocycles. The van der Waals surface area contributed by atoms with Crippen LogP contribution in [0.1, 0.15) is 17.3 Å². The van der Waals surface area contributed by atoms with Crippen molar-refractivity contribution in [3.05, 3.63) is 133 Å². The van der Waals surface area contributed by atoms with Gasteiger partial charge in [0.05, 0.1) is 0 Å². The first kappa shape index (κ1) is 23.5. The van der Waals surface area contributed by atoms with Crippen LogP contribution in [0.2, 0.25) is 0 Å². The molecular weight excluding hydrogens is 529 g/mol. The van der Waals surface area contributed by atoms with Crippen LogP contribution in [0.25, 0.3) is 0 Å². The minimum absolute atomic E-state index is 0.261. The Morgan fingerprint density at radius 2 is 1.09 bits per heavy atom. The van der Waals surface area contributed by atoms with Crippen molar-refractivity contribution >= 4 is 47.1 Å². The van der Waals surface area contributed by atoms with Crippen LogP contribution in [0.3, 0.4) is 0 Å². The molecule has 0 atom stereocenters. The van der Waals surface area contributed by atoms with Crippen molar-refractivity contribution in [3.63, 3.8) is 0 Å². The van der Waals surface area contributed by atoms with Gasteiger partial charge in [0, 0.05) is 0 Å². The molecule has 5 heteroatoms. The van der Waals surface area contributed by atoms with Gasteiger partial charge in [-0.25, -0.2) is 0 Å². The van der Waals surface area contributed by atoms with Crippen molar-refractivity contribution in [2.24, 2.45) is 0 Å². The van der Waals surface area contributed by atoms with Crippen molar-refractivity contribution < 1.29 is 12.7 Å². The first-order valence-electron chi connectivity index (χ1n) is 11.0. The summed E-state index contributed by atoms with van der Waals surface area (Å²) in [4.78, 5) is 25.4. The van der Waals surface area contributed by atoms with Crippen LogP contribution in [0, 0.1) is 0 Å². The molecule has 4 nitrogen and oxygen atoms in total. The van der Waals surface area contributed by atoms with Gasteiger partial charge in [-0.3, -0.25) is 0 Å². The molecule has 0 radical (unpaired) electrons. The summed E-state index contributed by atoms with van der Waals surface area (Å²) in [6.07, 6.45) is 0. The predicted molar refractivity (Wildman–Crippen MR) is 139 cm³/mol. The summed E-state index contributed by atoms with van der Waals surface area (Å²) in [5.74, 6) is -0.645. The summed E-state index contributed by atoms with van der Waals surface area (Å²) >= 11 is -4.18. The maximum absolute atomic E-state index is 13.6. The van der Waals surface area contributed by atoms with Crippen LogP contribution >= 0.6 is 0 Å². The molecule has 168 valence electrons. The van der Waals surface area contributed by atoms with E-state index in [9.17, 15) is 9.59 Å². The molecule has 0 saturated heterocycles. The molecule has 0 aliphatic carbocycles. The molecule has 0 bridgehead atoms. The van der Waals surface area contributed by atoms with Crippen LogP contribution in [0.4, 0.5) is 5.69 Å². The normalized spacial score (nSPS) is 10.9. The van der Waals surface area contributed by atoms with Gasteiger partial charge in [-0.15, -0.1) is 0 Å². The van der Waals surface area contributed by atoms with Gasteiger partial charge in [-0.1, -0.05) is 0 Å². The number of benzene rings is 4. The number of anilines is 1. The second kappa shape index (κ2) is 10.5. The van der Waals surface area contributed by atoms with Crippen LogP contribution in [0.5, 0.6) is 0 Å². The first-order chi connectivity index (χ1) is 16.5. The molecular formula is C29H25NO3Sn. The van der Waals surface area contributed by atoms with E-state index in [1.807, 2.05) is 54.6 Å². The second-order valence-corrected chi connectivity index (χ2v) is 17.4. The van der Waals surface area contributed by atoms with Crippen LogP contribution in [0.15, 0.2) is 127 Å². The maximum atomic E-state index is 13.6. The summed E-state index contributed by atoms with van der Waals surface area (Å²) in [5, 5.41) is 2.76. The van der Waals surface area contributed by atoms with E-state index in [0.29, 0.717) is 16.8 Å². The van der Waals surface area contributed by atoms with E-state index in [1.165, 1.54) is 0 Å². The van der Waals surface area contributed by atoms with Crippen LogP contribution in [-0.4, -0.2) is 30.7 Å². The number of hydrogen-bond acceptors (Lipinski definition) is 3. The molecule has 0 aliphatic rings. The molecule has 0 unspecified atom stereocenters. The standard InChI is InChI=1S/C11H11NO3.3C6H5.Sn/c1-7(2)10(13)12-9-5-3-8(4-6-9)11(14)15;3*1-2-4-6-5-3-1;/h3-6H,1H2,2H3,(H,12,13)(H,14,15);3*1-5H;/q;;;;+1/p-1. The van der Waals surface area contributed by atoms with E-state index in [2.05, 4.69) is 48.3 Å². The zero-order valence-electron chi connectivity index (χ0n) is 18.9. The number of hydrogen-bond donors (Lipinski definition) is 1. The van der Waals surface area contributed by atoms with Gasteiger partial charge in [0.15, 0.2) is 0 Å². The molecule has 0 saturated carbocycles. The fourth-order valence-corrected chi connectivity index (χ4v) is 14.5. The molecule has 4 rings (SSSR count). The van der Waals surface area contributed by atoms with Gasteiger partial charge in [-0.05, 0) is 0 Å². The second-order valence-electron chi connectivity index (χ2n) is 7.98. The van der Waals surface area contributed by atoms with Gasteiger partial charge < -0.3 is 0 Å². The molecule has 0 spiro atoms. The van der Waals surface area contributed by atoms with Crippen molar-refractivity contribution in [3.8, 4) is 0 Å². The number of rotatable bonds is 7. The van der Waals surface area contributed by atoms with E-state index in [-0.39, 0.29) is 11.9 Å². The van der Waals surface area contributed by atoms with Gasteiger partial charge >= 0.3 is 205 Å². The Labute approximate surface area is 204 Å². The molecule has 1 amide bonds. The molecule has 1 N–H and O–H groups in total. The van der Waals surface area contributed by atoms with Crippen molar-refractivity contribution in [2.45, 2.75) is 6.92 Å². The molecule has 0 heterocycles. The number of nitrogens with one attached hydrogen (secondary N) is 1. The summed E-state index contributed by atoms with van der Waals surface area (Å²) in [6, 6.07) is 36.9. The van der Waals surface area contributed by atoms with E-state index in [0.717, 1.165) is 10.7 Å². The van der Waals surface area contributed by atoms with Gasteiger partial charge in [-0.2, -0.15) is 0 Å². The predicted octanol–water partition coefficient (Wildman–Crippen LogP) is 4.03. The van der Waals surface area contributed by atoms with Crippen LogP contribution in [-0.2, 0) is 7.87 Å². The third-order valence-electron chi connectivity index (χ3n) is 5.55. The van der Waals surface area contributed by atoms with Crippen molar-refractivity contribution in [2.75, 3.05) is 5.32 Å². The third-order valence-corrected chi connectivity index (χ3v) is 16.8. The summed E-state index contributed by atoms with van der Waals surface area (Å²) in [7, 11) is 0. The Morgan fingerprint density at radius 3 is 1.47 bits per heavy atom. The van der Waals surface area contributed by atoms with Crippen LogP contribution < -0.4 is 16.1 Å². The number of carbonyl (C=O) groups is 2. The zero-order valence-corrected chi connectivity index (χ0v) is 21.8. The van der Waals surface area contributed by atoms with E-state index < -0.39 is 18.8 Å². The quantitative estimate of drug-likeness (QED) is 0.278. The zero-order chi connectivity index (χ0) is 24.0.